The monoisotopic (exact) mass is 352 g/mol. The van der Waals surface area contributed by atoms with Gasteiger partial charge >= 0.3 is 0 Å². The van der Waals surface area contributed by atoms with Crippen LogP contribution in [-0.4, -0.2) is 50.2 Å². The van der Waals surface area contributed by atoms with Crippen molar-refractivity contribution >= 4 is 0 Å². The molecule has 3 rings (SSSR count). The lowest BCUT2D eigenvalue weighted by Crippen LogP contribution is -2.40. The van der Waals surface area contributed by atoms with Gasteiger partial charge in [0, 0.05) is 0 Å². The maximum absolute atomic E-state index is 6.05. The first-order chi connectivity index (χ1) is 11.8. The molecule has 2 fully saturated rings. The summed E-state index contributed by atoms with van der Waals surface area (Å²) in [7, 11) is 1.65. The van der Waals surface area contributed by atoms with Gasteiger partial charge in [0.05, 0.1) is 26.9 Å². The second kappa shape index (κ2) is 7.21. The molecule has 0 spiro atoms. The number of hydrogen-bond acceptors (Lipinski definition) is 6. The van der Waals surface area contributed by atoms with Crippen LogP contribution in [0.4, 0.5) is 0 Å². The normalized spacial score (nSPS) is 30.5. The summed E-state index contributed by atoms with van der Waals surface area (Å²) in [6.07, 6.45) is -0.574. The van der Waals surface area contributed by atoms with Crippen molar-refractivity contribution in [3.05, 3.63) is 29.8 Å². The Bertz CT molecular complexity index is 568. The molecular formula is C19H28O6. The van der Waals surface area contributed by atoms with E-state index in [0.717, 1.165) is 11.3 Å². The Morgan fingerprint density at radius 1 is 1.00 bits per heavy atom. The van der Waals surface area contributed by atoms with Crippen LogP contribution in [0, 0.1) is 0 Å². The Kier molecular flexibility index (Phi) is 5.37. The molecule has 0 N–H and O–H groups in total. The van der Waals surface area contributed by atoms with E-state index < -0.39 is 11.6 Å². The van der Waals surface area contributed by atoms with Crippen molar-refractivity contribution in [2.75, 3.05) is 20.3 Å². The van der Waals surface area contributed by atoms with Crippen LogP contribution in [-0.2, 0) is 30.3 Å². The predicted molar refractivity (Wildman–Crippen MR) is 91.4 cm³/mol. The summed E-state index contributed by atoms with van der Waals surface area (Å²) in [6.45, 7) is 9.05. The Morgan fingerprint density at radius 3 is 2.32 bits per heavy atom. The van der Waals surface area contributed by atoms with Crippen LogP contribution in [0.15, 0.2) is 24.3 Å². The Balaban J connectivity index is 1.55. The van der Waals surface area contributed by atoms with Crippen molar-refractivity contribution in [1.82, 2.24) is 0 Å². The van der Waals surface area contributed by atoms with Crippen LogP contribution in [0.5, 0.6) is 5.75 Å². The summed E-state index contributed by atoms with van der Waals surface area (Å²) >= 11 is 0. The van der Waals surface area contributed by atoms with Gasteiger partial charge in [-0.25, -0.2) is 0 Å². The van der Waals surface area contributed by atoms with Gasteiger partial charge < -0.3 is 28.4 Å². The third kappa shape index (κ3) is 4.71. The Labute approximate surface area is 149 Å². The number of methoxy groups -OCH3 is 1. The third-order valence-electron chi connectivity index (χ3n) is 4.33. The molecule has 0 unspecified atom stereocenters. The molecule has 1 aromatic rings. The summed E-state index contributed by atoms with van der Waals surface area (Å²) in [6, 6.07) is 7.82. The predicted octanol–water partition coefficient (Wildman–Crippen LogP) is 2.88. The van der Waals surface area contributed by atoms with Gasteiger partial charge in [0.2, 0.25) is 0 Å². The maximum Gasteiger partial charge on any atom is 0.164 e. The molecule has 2 heterocycles. The van der Waals surface area contributed by atoms with E-state index in [4.69, 9.17) is 28.4 Å². The third-order valence-corrected chi connectivity index (χ3v) is 4.33. The van der Waals surface area contributed by atoms with Crippen molar-refractivity contribution in [1.29, 1.82) is 0 Å². The molecule has 0 aliphatic carbocycles. The molecule has 0 saturated carbocycles. The Hall–Kier alpha value is -1.18. The van der Waals surface area contributed by atoms with Crippen LogP contribution in [0.1, 0.15) is 33.3 Å². The lowest BCUT2D eigenvalue weighted by Gasteiger charge is -2.23. The average Bonchev–Trinajstić information content (AvgIpc) is 3.06. The fourth-order valence-corrected chi connectivity index (χ4v) is 3.20. The van der Waals surface area contributed by atoms with Crippen LogP contribution in [0.25, 0.3) is 0 Å². The molecule has 25 heavy (non-hydrogen) atoms. The quantitative estimate of drug-likeness (QED) is 0.785. The minimum absolute atomic E-state index is 0.161. The summed E-state index contributed by atoms with van der Waals surface area (Å²) in [5.41, 5.74) is 1.08. The molecule has 3 atom stereocenters. The smallest absolute Gasteiger partial charge is 0.164 e. The van der Waals surface area contributed by atoms with Crippen LogP contribution in [0.2, 0.25) is 0 Å². The maximum atomic E-state index is 6.05. The zero-order chi connectivity index (χ0) is 18.1. The highest BCUT2D eigenvalue weighted by atomic mass is 16.8. The van der Waals surface area contributed by atoms with Gasteiger partial charge in [-0.15, -0.1) is 0 Å². The molecule has 1 aromatic carbocycles. The fourth-order valence-electron chi connectivity index (χ4n) is 3.20. The first-order valence-corrected chi connectivity index (χ1v) is 8.66. The van der Waals surface area contributed by atoms with E-state index in [1.54, 1.807) is 7.11 Å². The van der Waals surface area contributed by atoms with Crippen molar-refractivity contribution in [3.8, 4) is 5.75 Å². The molecule has 140 valence electrons. The highest BCUT2D eigenvalue weighted by molar-refractivity contribution is 5.26. The SMILES string of the molecule is COc1ccc(COC[C@H]2OC(C)(C)O[C@@H]2[C@H]2COC(C)(C)O2)cc1. The zero-order valence-electron chi connectivity index (χ0n) is 15.6. The molecule has 6 heteroatoms. The summed E-state index contributed by atoms with van der Waals surface area (Å²) in [5, 5.41) is 0. The van der Waals surface area contributed by atoms with Gasteiger partial charge in [-0.1, -0.05) is 12.1 Å². The number of hydrogen-bond donors (Lipinski definition) is 0. The van der Waals surface area contributed by atoms with Crippen molar-refractivity contribution in [3.63, 3.8) is 0 Å². The highest BCUT2D eigenvalue weighted by Gasteiger charge is 2.49. The lowest BCUT2D eigenvalue weighted by atomic mass is 10.1. The minimum atomic E-state index is -0.658. The number of rotatable bonds is 6. The molecule has 2 aliphatic rings. The first-order valence-electron chi connectivity index (χ1n) is 8.66. The molecule has 2 saturated heterocycles. The molecule has 0 amide bonds. The van der Waals surface area contributed by atoms with Gasteiger partial charge in [-0.3, -0.25) is 0 Å². The number of benzene rings is 1. The van der Waals surface area contributed by atoms with E-state index in [1.165, 1.54) is 0 Å². The summed E-state index contributed by atoms with van der Waals surface area (Å²) in [4.78, 5) is 0. The first kappa shape index (κ1) is 18.6. The van der Waals surface area contributed by atoms with Gasteiger partial charge in [0.15, 0.2) is 11.6 Å². The minimum Gasteiger partial charge on any atom is -0.497 e. The summed E-state index contributed by atoms with van der Waals surface area (Å²) < 4.78 is 34.7. The zero-order valence-corrected chi connectivity index (χ0v) is 15.6. The van der Waals surface area contributed by atoms with Crippen molar-refractivity contribution in [2.24, 2.45) is 0 Å². The van der Waals surface area contributed by atoms with E-state index in [0.29, 0.717) is 19.8 Å². The lowest BCUT2D eigenvalue weighted by molar-refractivity contribution is -0.175. The average molecular weight is 352 g/mol. The van der Waals surface area contributed by atoms with Crippen molar-refractivity contribution < 1.29 is 28.4 Å². The van der Waals surface area contributed by atoms with Gasteiger partial charge in [-0.2, -0.15) is 0 Å². The van der Waals surface area contributed by atoms with Gasteiger partial charge in [0.25, 0.3) is 0 Å². The van der Waals surface area contributed by atoms with E-state index in [-0.39, 0.29) is 18.3 Å². The van der Waals surface area contributed by atoms with Gasteiger partial charge in [0.1, 0.15) is 24.1 Å². The highest BCUT2D eigenvalue weighted by Crippen LogP contribution is 2.35. The Morgan fingerprint density at radius 2 is 1.72 bits per heavy atom. The molecule has 0 aromatic heterocycles. The van der Waals surface area contributed by atoms with Crippen LogP contribution >= 0.6 is 0 Å². The standard InChI is InChI=1S/C19H28O6/c1-18(2)22-12-16(23-18)17-15(24-19(3,4)25-17)11-21-10-13-6-8-14(20-5)9-7-13/h6-9,15-17H,10-12H2,1-5H3/t15-,16-,17+/m1/s1. The molecule has 0 bridgehead atoms. The van der Waals surface area contributed by atoms with E-state index >= 15 is 0 Å². The van der Waals surface area contributed by atoms with Crippen LogP contribution in [0.3, 0.4) is 0 Å². The summed E-state index contributed by atoms with van der Waals surface area (Å²) in [5.74, 6) is -0.413. The molecule has 6 nitrogen and oxygen atoms in total. The van der Waals surface area contributed by atoms with Crippen molar-refractivity contribution in [2.45, 2.75) is 64.2 Å². The van der Waals surface area contributed by atoms with E-state index in [9.17, 15) is 0 Å². The second-order valence-corrected chi connectivity index (χ2v) is 7.37. The van der Waals surface area contributed by atoms with Gasteiger partial charge in [-0.05, 0) is 45.4 Å². The number of ether oxygens (including phenoxy) is 6. The molecule has 0 radical (unpaired) electrons. The van der Waals surface area contributed by atoms with E-state index in [2.05, 4.69) is 0 Å². The largest absolute Gasteiger partial charge is 0.497 e. The topological polar surface area (TPSA) is 55.4 Å². The van der Waals surface area contributed by atoms with E-state index in [1.807, 2.05) is 52.0 Å². The molecule has 2 aliphatic heterocycles. The molecular weight excluding hydrogens is 324 g/mol. The van der Waals surface area contributed by atoms with Crippen LogP contribution < -0.4 is 4.74 Å². The second-order valence-electron chi connectivity index (χ2n) is 7.37. The fraction of sp³-hybridized carbons (Fsp3) is 0.684.